The fourth-order valence-corrected chi connectivity index (χ4v) is 2.45. The highest BCUT2D eigenvalue weighted by Gasteiger charge is 2.14. The van der Waals surface area contributed by atoms with Gasteiger partial charge in [0.1, 0.15) is 4.60 Å². The molecule has 0 aliphatic rings. The Hall–Kier alpha value is -2.15. The van der Waals surface area contributed by atoms with Crippen molar-refractivity contribution in [1.82, 2.24) is 14.9 Å². The minimum Gasteiger partial charge on any atom is -0.476 e. The highest BCUT2D eigenvalue weighted by atomic mass is 79.9. The van der Waals surface area contributed by atoms with Crippen LogP contribution in [-0.4, -0.2) is 26.0 Å². The van der Waals surface area contributed by atoms with Gasteiger partial charge in [0.05, 0.1) is 5.52 Å². The van der Waals surface area contributed by atoms with Crippen LogP contribution in [0.4, 0.5) is 0 Å². The molecule has 0 bridgehead atoms. The van der Waals surface area contributed by atoms with Crippen LogP contribution in [0.3, 0.4) is 0 Å². The summed E-state index contributed by atoms with van der Waals surface area (Å²) in [5, 5.41) is 17.5. The molecule has 96 valence electrons. The highest BCUT2D eigenvalue weighted by molar-refractivity contribution is 9.10. The molecule has 0 atom stereocenters. The number of fused-ring (bicyclic) bond motifs is 1. The first-order chi connectivity index (χ1) is 9.06. The van der Waals surface area contributed by atoms with Gasteiger partial charge in [0, 0.05) is 24.1 Å². The molecule has 0 spiro atoms. The van der Waals surface area contributed by atoms with E-state index in [-0.39, 0.29) is 5.69 Å². The zero-order valence-corrected chi connectivity index (χ0v) is 11.4. The van der Waals surface area contributed by atoms with E-state index in [1.54, 1.807) is 4.68 Å². The number of carboxylic acids is 1. The van der Waals surface area contributed by atoms with Crippen molar-refractivity contribution >= 4 is 32.8 Å². The second-order valence-corrected chi connectivity index (χ2v) is 4.78. The van der Waals surface area contributed by atoms with Crippen LogP contribution in [0.15, 0.2) is 33.4 Å². The minimum atomic E-state index is -1.11. The summed E-state index contributed by atoms with van der Waals surface area (Å²) in [5.74, 6) is -0.698. The third-order valence-electron chi connectivity index (χ3n) is 2.82. The van der Waals surface area contributed by atoms with Crippen molar-refractivity contribution < 1.29 is 14.4 Å². The van der Waals surface area contributed by atoms with E-state index in [9.17, 15) is 4.79 Å². The second-order valence-electron chi connectivity index (χ2n) is 4.03. The van der Waals surface area contributed by atoms with Gasteiger partial charge in [0.2, 0.25) is 0 Å². The first kappa shape index (κ1) is 11.9. The molecule has 2 aromatic heterocycles. The lowest BCUT2D eigenvalue weighted by Crippen LogP contribution is -1.94. The van der Waals surface area contributed by atoms with E-state index in [1.165, 1.54) is 6.07 Å². The summed E-state index contributed by atoms with van der Waals surface area (Å²) < 4.78 is 7.53. The Balaban J connectivity index is 2.14. The number of hydrogen-bond acceptors (Lipinski definition) is 4. The molecular formula is C12H8BrN3O3. The molecule has 0 amide bonds. The van der Waals surface area contributed by atoms with Crippen molar-refractivity contribution in [3.05, 3.63) is 34.6 Å². The van der Waals surface area contributed by atoms with Crippen LogP contribution in [-0.2, 0) is 7.05 Å². The number of rotatable bonds is 2. The van der Waals surface area contributed by atoms with Crippen LogP contribution in [0.1, 0.15) is 10.5 Å². The van der Waals surface area contributed by atoms with E-state index in [0.717, 1.165) is 21.1 Å². The lowest BCUT2D eigenvalue weighted by atomic mass is 10.1. The fraction of sp³-hybridized carbons (Fsp3) is 0.0833. The maximum absolute atomic E-state index is 10.8. The molecule has 0 radical (unpaired) electrons. The largest absolute Gasteiger partial charge is 0.476 e. The Morgan fingerprint density at radius 2 is 2.21 bits per heavy atom. The van der Waals surface area contributed by atoms with Gasteiger partial charge in [-0.1, -0.05) is 11.2 Å². The van der Waals surface area contributed by atoms with Gasteiger partial charge < -0.3 is 9.63 Å². The van der Waals surface area contributed by atoms with E-state index in [1.807, 2.05) is 25.2 Å². The van der Waals surface area contributed by atoms with Gasteiger partial charge in [-0.2, -0.15) is 5.10 Å². The van der Waals surface area contributed by atoms with Crippen molar-refractivity contribution in [2.45, 2.75) is 0 Å². The van der Waals surface area contributed by atoms with Gasteiger partial charge >= 0.3 is 5.97 Å². The molecule has 0 fully saturated rings. The molecule has 1 aromatic carbocycles. The summed E-state index contributed by atoms with van der Waals surface area (Å²) in [6, 6.07) is 7.00. The number of carbonyl (C=O) groups is 1. The van der Waals surface area contributed by atoms with Crippen LogP contribution in [0.2, 0.25) is 0 Å². The van der Waals surface area contributed by atoms with Crippen molar-refractivity contribution in [2.75, 3.05) is 0 Å². The van der Waals surface area contributed by atoms with Crippen LogP contribution in [0.5, 0.6) is 0 Å². The lowest BCUT2D eigenvalue weighted by Gasteiger charge is -1.97. The number of aromatic nitrogens is 3. The molecule has 19 heavy (non-hydrogen) atoms. The first-order valence-corrected chi connectivity index (χ1v) is 6.18. The van der Waals surface area contributed by atoms with Gasteiger partial charge in [-0.3, -0.25) is 4.68 Å². The molecule has 3 aromatic rings. The van der Waals surface area contributed by atoms with Crippen molar-refractivity contribution in [2.24, 2.45) is 7.05 Å². The molecule has 0 aliphatic heterocycles. The summed E-state index contributed by atoms with van der Waals surface area (Å²) in [6.07, 6.45) is 0. The zero-order valence-electron chi connectivity index (χ0n) is 9.79. The number of benzene rings is 1. The molecule has 0 aliphatic carbocycles. The van der Waals surface area contributed by atoms with Crippen LogP contribution in [0.25, 0.3) is 22.2 Å². The highest BCUT2D eigenvalue weighted by Crippen LogP contribution is 2.28. The van der Waals surface area contributed by atoms with Gasteiger partial charge in [-0.05, 0) is 28.1 Å². The van der Waals surface area contributed by atoms with Crippen LogP contribution >= 0.6 is 15.9 Å². The van der Waals surface area contributed by atoms with Crippen molar-refractivity contribution in [3.63, 3.8) is 0 Å². The molecule has 0 unspecified atom stereocenters. The van der Waals surface area contributed by atoms with Crippen molar-refractivity contribution in [1.29, 1.82) is 0 Å². The molecule has 1 N–H and O–H groups in total. The summed E-state index contributed by atoms with van der Waals surface area (Å²) in [6.45, 7) is 0. The zero-order chi connectivity index (χ0) is 13.6. The number of aryl methyl sites for hydroxylation is 1. The average Bonchev–Trinajstić information content (AvgIpc) is 2.96. The Morgan fingerprint density at radius 3 is 2.89 bits per heavy atom. The summed E-state index contributed by atoms with van der Waals surface area (Å²) >= 11 is 3.38. The molecule has 2 heterocycles. The number of nitrogens with zero attached hydrogens (tertiary/aromatic N) is 3. The van der Waals surface area contributed by atoms with Crippen molar-refractivity contribution in [3.8, 4) is 11.3 Å². The van der Waals surface area contributed by atoms with Crippen LogP contribution < -0.4 is 0 Å². The second kappa shape index (κ2) is 4.20. The van der Waals surface area contributed by atoms with Crippen LogP contribution in [0, 0.1) is 0 Å². The molecule has 3 rings (SSSR count). The van der Waals surface area contributed by atoms with Gasteiger partial charge in [0.25, 0.3) is 0 Å². The topological polar surface area (TPSA) is 81.2 Å². The standard InChI is InChI=1S/C12H8BrN3O3/c1-16-9-4-6(2-3-7(9)11(13)14-16)10-5-8(12(17)18)15-19-10/h2-5H,1H3,(H,17,18). The van der Waals surface area contributed by atoms with Gasteiger partial charge in [-0.25, -0.2) is 4.79 Å². The Bertz CT molecular complexity index is 791. The summed E-state index contributed by atoms with van der Waals surface area (Å²) in [7, 11) is 1.83. The maximum Gasteiger partial charge on any atom is 0.358 e. The average molecular weight is 322 g/mol. The Kier molecular flexibility index (Phi) is 2.63. The molecule has 7 heteroatoms. The Labute approximate surface area is 115 Å². The number of aromatic carboxylic acids is 1. The number of halogens is 1. The quantitative estimate of drug-likeness (QED) is 0.784. The minimum absolute atomic E-state index is 0.110. The monoisotopic (exact) mass is 321 g/mol. The normalized spacial score (nSPS) is 11.1. The SMILES string of the molecule is Cn1nc(Br)c2ccc(-c3cc(C(=O)O)no3)cc21. The van der Waals surface area contributed by atoms with E-state index in [4.69, 9.17) is 9.63 Å². The first-order valence-electron chi connectivity index (χ1n) is 5.39. The number of carboxylic acid groups (broad SMARTS) is 1. The molecule has 0 saturated carbocycles. The predicted octanol–water partition coefficient (Wildman–Crippen LogP) is 2.69. The van der Waals surface area contributed by atoms with E-state index in [2.05, 4.69) is 26.2 Å². The summed E-state index contributed by atoms with van der Waals surface area (Å²) in [4.78, 5) is 10.8. The predicted molar refractivity (Wildman–Crippen MR) is 70.9 cm³/mol. The fourth-order valence-electron chi connectivity index (χ4n) is 1.88. The van der Waals surface area contributed by atoms with E-state index in [0.29, 0.717) is 5.76 Å². The summed E-state index contributed by atoms with van der Waals surface area (Å²) in [5.41, 5.74) is 1.56. The molecule has 0 saturated heterocycles. The Morgan fingerprint density at radius 1 is 1.42 bits per heavy atom. The van der Waals surface area contributed by atoms with E-state index >= 15 is 0 Å². The molecule has 6 nitrogen and oxygen atoms in total. The maximum atomic E-state index is 10.8. The number of hydrogen-bond donors (Lipinski definition) is 1. The smallest absolute Gasteiger partial charge is 0.358 e. The van der Waals surface area contributed by atoms with Gasteiger partial charge in [0.15, 0.2) is 11.5 Å². The van der Waals surface area contributed by atoms with Gasteiger partial charge in [-0.15, -0.1) is 0 Å². The molecular weight excluding hydrogens is 314 g/mol. The third kappa shape index (κ3) is 1.91. The van der Waals surface area contributed by atoms with E-state index < -0.39 is 5.97 Å². The lowest BCUT2D eigenvalue weighted by molar-refractivity contribution is 0.0686. The third-order valence-corrected chi connectivity index (χ3v) is 3.41.